The Balaban J connectivity index is 1.41. The van der Waals surface area contributed by atoms with E-state index < -0.39 is 0 Å². The number of hydrazine groups is 1. The molecule has 2 aromatic rings. The normalized spacial score (nSPS) is 25.0. The van der Waals surface area contributed by atoms with Crippen LogP contribution in [0.1, 0.15) is 36.4 Å². The Labute approximate surface area is 135 Å². The average molecular weight is 308 g/mol. The van der Waals surface area contributed by atoms with E-state index in [1.807, 2.05) is 42.5 Å². The van der Waals surface area contributed by atoms with Crippen LogP contribution >= 0.6 is 0 Å². The second-order valence-electron chi connectivity index (χ2n) is 6.33. The minimum atomic E-state index is -0.322. The van der Waals surface area contributed by atoms with Crippen molar-refractivity contribution < 1.29 is 4.79 Å². The van der Waals surface area contributed by atoms with Gasteiger partial charge < -0.3 is 5.32 Å². The van der Waals surface area contributed by atoms with Gasteiger partial charge in [0.25, 0.3) is 0 Å². The molecule has 118 valence electrons. The van der Waals surface area contributed by atoms with E-state index in [1.54, 1.807) is 12.4 Å². The maximum Gasteiger partial charge on any atom is 0.231 e. The van der Waals surface area contributed by atoms with Crippen molar-refractivity contribution in [3.63, 3.8) is 0 Å². The Bertz CT molecular complexity index is 685. The van der Waals surface area contributed by atoms with Crippen LogP contribution in [0.4, 0.5) is 0 Å². The van der Waals surface area contributed by atoms with E-state index in [0.717, 1.165) is 24.8 Å². The van der Waals surface area contributed by atoms with Crippen LogP contribution in [0.2, 0.25) is 0 Å². The monoisotopic (exact) mass is 308 g/mol. The average Bonchev–Trinajstić information content (AvgIpc) is 3.30. The van der Waals surface area contributed by atoms with Gasteiger partial charge in [-0.1, -0.05) is 30.3 Å². The van der Waals surface area contributed by atoms with Gasteiger partial charge in [-0.15, -0.1) is 0 Å². The summed E-state index contributed by atoms with van der Waals surface area (Å²) in [6.07, 6.45) is 6.20. The van der Waals surface area contributed by atoms with E-state index >= 15 is 0 Å². The summed E-state index contributed by atoms with van der Waals surface area (Å²) >= 11 is 0. The van der Waals surface area contributed by atoms with Gasteiger partial charge in [0.15, 0.2) is 0 Å². The van der Waals surface area contributed by atoms with Gasteiger partial charge in [0.2, 0.25) is 5.91 Å². The number of nitrogens with one attached hydrogen (secondary N) is 3. The van der Waals surface area contributed by atoms with Crippen LogP contribution in [-0.4, -0.2) is 17.1 Å². The molecule has 2 atom stereocenters. The Morgan fingerprint density at radius 1 is 1.09 bits per heavy atom. The first kappa shape index (κ1) is 14.4. The van der Waals surface area contributed by atoms with Gasteiger partial charge in [0.1, 0.15) is 0 Å². The molecule has 1 amide bonds. The molecule has 0 bridgehead atoms. The highest BCUT2D eigenvalue weighted by atomic mass is 16.2. The molecular formula is C18H20N4O. The number of nitrogens with zero attached hydrogens (tertiary/aromatic N) is 1. The van der Waals surface area contributed by atoms with E-state index in [1.165, 1.54) is 5.56 Å². The van der Waals surface area contributed by atoms with Gasteiger partial charge in [0, 0.05) is 24.9 Å². The van der Waals surface area contributed by atoms with E-state index in [9.17, 15) is 4.79 Å². The van der Waals surface area contributed by atoms with Crippen LogP contribution in [0.25, 0.3) is 0 Å². The molecule has 1 saturated carbocycles. The SMILES string of the molecule is O=C(NC1CC(c2ccncc2)NN1)C1(c2ccccc2)CC1. The highest BCUT2D eigenvalue weighted by Gasteiger charge is 2.51. The fraction of sp³-hybridized carbons (Fsp3) is 0.333. The lowest BCUT2D eigenvalue weighted by Crippen LogP contribution is -2.47. The van der Waals surface area contributed by atoms with Gasteiger partial charge >= 0.3 is 0 Å². The third-order valence-electron chi connectivity index (χ3n) is 4.83. The first-order valence-electron chi connectivity index (χ1n) is 8.05. The zero-order chi connectivity index (χ0) is 15.7. The summed E-state index contributed by atoms with van der Waals surface area (Å²) in [6, 6.07) is 14.3. The number of carbonyl (C=O) groups excluding carboxylic acids is 1. The molecule has 2 heterocycles. The Hall–Kier alpha value is -2.24. The number of hydrogen-bond acceptors (Lipinski definition) is 4. The molecule has 5 heteroatoms. The number of carbonyl (C=O) groups is 1. The summed E-state index contributed by atoms with van der Waals surface area (Å²) in [7, 11) is 0. The standard InChI is InChI=1S/C18H20N4O/c23-17(18(8-9-18)14-4-2-1-3-5-14)20-16-12-15(21-22-16)13-6-10-19-11-7-13/h1-7,10-11,15-16,21-22H,8-9,12H2,(H,20,23). The van der Waals surface area contributed by atoms with Crippen LogP contribution in [0.3, 0.4) is 0 Å². The quantitative estimate of drug-likeness (QED) is 0.806. The molecule has 2 fully saturated rings. The van der Waals surface area contributed by atoms with Crippen LogP contribution in [0.5, 0.6) is 0 Å². The fourth-order valence-corrected chi connectivity index (χ4v) is 3.29. The topological polar surface area (TPSA) is 66.0 Å². The number of rotatable bonds is 4. The lowest BCUT2D eigenvalue weighted by molar-refractivity contribution is -0.124. The molecule has 0 spiro atoms. The molecular weight excluding hydrogens is 288 g/mol. The zero-order valence-corrected chi connectivity index (χ0v) is 12.8. The van der Waals surface area contributed by atoms with E-state index in [2.05, 4.69) is 21.2 Å². The maximum absolute atomic E-state index is 12.7. The molecule has 1 saturated heterocycles. The lowest BCUT2D eigenvalue weighted by Gasteiger charge is -2.19. The van der Waals surface area contributed by atoms with E-state index in [0.29, 0.717) is 0 Å². The number of hydrogen-bond donors (Lipinski definition) is 3. The van der Waals surface area contributed by atoms with Crippen LogP contribution in [0.15, 0.2) is 54.9 Å². The summed E-state index contributed by atoms with van der Waals surface area (Å²) < 4.78 is 0. The van der Waals surface area contributed by atoms with E-state index in [-0.39, 0.29) is 23.5 Å². The molecule has 1 aromatic carbocycles. The van der Waals surface area contributed by atoms with Gasteiger partial charge in [-0.25, -0.2) is 10.9 Å². The first-order chi connectivity index (χ1) is 11.3. The van der Waals surface area contributed by atoms with Gasteiger partial charge in [-0.2, -0.15) is 0 Å². The lowest BCUT2D eigenvalue weighted by atomic mass is 9.95. The second kappa shape index (κ2) is 5.76. The van der Waals surface area contributed by atoms with Crippen LogP contribution in [0, 0.1) is 0 Å². The second-order valence-corrected chi connectivity index (χ2v) is 6.33. The van der Waals surface area contributed by atoms with Crippen molar-refractivity contribution in [3.05, 3.63) is 66.0 Å². The van der Waals surface area contributed by atoms with Crippen molar-refractivity contribution in [1.82, 2.24) is 21.2 Å². The smallest absolute Gasteiger partial charge is 0.231 e. The molecule has 4 rings (SSSR count). The summed E-state index contributed by atoms with van der Waals surface area (Å²) in [5.41, 5.74) is 8.40. The summed E-state index contributed by atoms with van der Waals surface area (Å²) in [5, 5.41) is 3.15. The molecule has 1 aliphatic carbocycles. The van der Waals surface area contributed by atoms with Crippen molar-refractivity contribution in [2.75, 3.05) is 0 Å². The number of benzene rings is 1. The number of amides is 1. The molecule has 23 heavy (non-hydrogen) atoms. The first-order valence-corrected chi connectivity index (χ1v) is 8.05. The predicted octanol–water partition coefficient (Wildman–Crippen LogP) is 1.79. The number of aromatic nitrogens is 1. The zero-order valence-electron chi connectivity index (χ0n) is 12.8. The molecule has 2 unspecified atom stereocenters. The largest absolute Gasteiger partial charge is 0.339 e. The Kier molecular flexibility index (Phi) is 3.59. The summed E-state index contributed by atoms with van der Waals surface area (Å²) in [4.78, 5) is 16.8. The van der Waals surface area contributed by atoms with Gasteiger partial charge in [-0.05, 0) is 36.1 Å². The Morgan fingerprint density at radius 3 is 2.52 bits per heavy atom. The molecule has 2 aliphatic rings. The molecule has 3 N–H and O–H groups in total. The molecule has 1 aromatic heterocycles. The van der Waals surface area contributed by atoms with Crippen molar-refractivity contribution in [2.24, 2.45) is 0 Å². The van der Waals surface area contributed by atoms with Crippen molar-refractivity contribution >= 4 is 5.91 Å². The fourth-order valence-electron chi connectivity index (χ4n) is 3.29. The van der Waals surface area contributed by atoms with Crippen molar-refractivity contribution in [2.45, 2.75) is 36.9 Å². The minimum absolute atomic E-state index is 0.0538. The maximum atomic E-state index is 12.7. The number of pyridine rings is 1. The highest BCUT2D eigenvalue weighted by molar-refractivity contribution is 5.91. The molecule has 5 nitrogen and oxygen atoms in total. The molecule has 1 aliphatic heterocycles. The minimum Gasteiger partial charge on any atom is -0.339 e. The van der Waals surface area contributed by atoms with Crippen LogP contribution in [-0.2, 0) is 10.2 Å². The van der Waals surface area contributed by atoms with Crippen molar-refractivity contribution in [3.8, 4) is 0 Å². The Morgan fingerprint density at radius 2 is 1.83 bits per heavy atom. The third kappa shape index (κ3) is 2.73. The van der Waals surface area contributed by atoms with E-state index in [4.69, 9.17) is 0 Å². The summed E-state index contributed by atoms with van der Waals surface area (Å²) in [5.74, 6) is 0.123. The molecule has 0 radical (unpaired) electrons. The summed E-state index contributed by atoms with van der Waals surface area (Å²) in [6.45, 7) is 0. The third-order valence-corrected chi connectivity index (χ3v) is 4.83. The van der Waals surface area contributed by atoms with Gasteiger partial charge in [-0.3, -0.25) is 9.78 Å². The van der Waals surface area contributed by atoms with Crippen molar-refractivity contribution in [1.29, 1.82) is 0 Å². The van der Waals surface area contributed by atoms with Crippen LogP contribution < -0.4 is 16.2 Å². The highest BCUT2D eigenvalue weighted by Crippen LogP contribution is 2.48. The van der Waals surface area contributed by atoms with Gasteiger partial charge in [0.05, 0.1) is 11.6 Å². The predicted molar refractivity (Wildman–Crippen MR) is 87.2 cm³/mol.